The van der Waals surface area contributed by atoms with Gasteiger partial charge in [0.25, 0.3) is 0 Å². The molecular weight excluding hydrogens is 316 g/mol. The summed E-state index contributed by atoms with van der Waals surface area (Å²) in [7, 11) is 0. The minimum absolute atomic E-state index is 0.503. The highest BCUT2D eigenvalue weighted by Crippen LogP contribution is 2.30. The van der Waals surface area contributed by atoms with Crippen molar-refractivity contribution in [1.82, 2.24) is 4.98 Å². The molecular formula is C16H13BrN2O. The lowest BCUT2D eigenvalue weighted by Gasteiger charge is -2.11. The number of ether oxygens (including phenoxy) is 1. The van der Waals surface area contributed by atoms with Gasteiger partial charge in [-0.3, -0.25) is 4.98 Å². The van der Waals surface area contributed by atoms with E-state index in [9.17, 15) is 0 Å². The molecule has 0 fully saturated rings. The van der Waals surface area contributed by atoms with Crippen LogP contribution in [0, 0.1) is 0 Å². The first-order valence-corrected chi connectivity index (χ1v) is 7.03. The Morgan fingerprint density at radius 2 is 1.90 bits per heavy atom. The predicted octanol–water partition coefficient (Wildman–Crippen LogP) is 4.16. The molecule has 0 atom stereocenters. The van der Waals surface area contributed by atoms with E-state index in [1.165, 1.54) is 0 Å². The Bertz CT molecular complexity index is 758. The second kappa shape index (κ2) is 5.51. The van der Waals surface area contributed by atoms with Crippen LogP contribution in [-0.4, -0.2) is 4.98 Å². The van der Waals surface area contributed by atoms with E-state index in [2.05, 4.69) is 20.9 Å². The van der Waals surface area contributed by atoms with Crippen LogP contribution < -0.4 is 10.5 Å². The van der Waals surface area contributed by atoms with Gasteiger partial charge in [0.05, 0.1) is 0 Å². The molecule has 1 heterocycles. The molecule has 100 valence electrons. The lowest BCUT2D eigenvalue weighted by molar-refractivity contribution is 0.309. The minimum Gasteiger partial charge on any atom is -0.488 e. The van der Waals surface area contributed by atoms with Crippen LogP contribution in [0.1, 0.15) is 5.56 Å². The second-order valence-electron chi connectivity index (χ2n) is 4.45. The van der Waals surface area contributed by atoms with Crippen LogP contribution in [0.25, 0.3) is 10.8 Å². The second-order valence-corrected chi connectivity index (χ2v) is 5.31. The van der Waals surface area contributed by atoms with Crippen molar-refractivity contribution in [1.29, 1.82) is 0 Å². The summed E-state index contributed by atoms with van der Waals surface area (Å²) in [6.07, 6.45) is 3.50. The highest BCUT2D eigenvalue weighted by Gasteiger charge is 2.06. The number of nitrogen functional groups attached to an aromatic ring is 1. The molecule has 0 aliphatic heterocycles. The van der Waals surface area contributed by atoms with E-state index in [1.54, 1.807) is 12.4 Å². The molecule has 0 unspecified atom stereocenters. The van der Waals surface area contributed by atoms with E-state index >= 15 is 0 Å². The summed E-state index contributed by atoms with van der Waals surface area (Å²) in [4.78, 5) is 4.10. The summed E-state index contributed by atoms with van der Waals surface area (Å²) in [5, 5.41) is 1.89. The number of pyridine rings is 1. The maximum absolute atomic E-state index is 5.95. The average molecular weight is 329 g/mol. The number of nitrogens with zero attached hydrogens (tertiary/aromatic N) is 1. The molecule has 0 aliphatic carbocycles. The minimum atomic E-state index is 0.503. The maximum Gasteiger partial charge on any atom is 0.127 e. The SMILES string of the molecule is Nc1ccc(OCc2ccccc2Br)c2ccncc12. The monoisotopic (exact) mass is 328 g/mol. The van der Waals surface area contributed by atoms with Crippen molar-refractivity contribution >= 4 is 32.4 Å². The third kappa shape index (κ3) is 2.47. The summed E-state index contributed by atoms with van der Waals surface area (Å²) in [5.41, 5.74) is 7.77. The number of fused-ring (bicyclic) bond motifs is 1. The largest absolute Gasteiger partial charge is 0.488 e. The van der Waals surface area contributed by atoms with Crippen molar-refractivity contribution in [2.75, 3.05) is 5.73 Å². The van der Waals surface area contributed by atoms with Gasteiger partial charge in [0.1, 0.15) is 12.4 Å². The molecule has 0 saturated carbocycles. The lowest BCUT2D eigenvalue weighted by Crippen LogP contribution is -1.98. The molecule has 0 saturated heterocycles. The highest BCUT2D eigenvalue weighted by atomic mass is 79.9. The summed E-state index contributed by atoms with van der Waals surface area (Å²) in [6, 6.07) is 13.7. The van der Waals surface area contributed by atoms with Crippen LogP contribution in [0.15, 0.2) is 59.3 Å². The van der Waals surface area contributed by atoms with Gasteiger partial charge in [0.2, 0.25) is 0 Å². The number of halogens is 1. The first kappa shape index (κ1) is 12.9. The fourth-order valence-electron chi connectivity index (χ4n) is 2.08. The Balaban J connectivity index is 1.92. The van der Waals surface area contributed by atoms with Crippen LogP contribution in [0.3, 0.4) is 0 Å². The zero-order chi connectivity index (χ0) is 13.9. The Morgan fingerprint density at radius 3 is 2.75 bits per heavy atom. The normalized spacial score (nSPS) is 10.7. The topological polar surface area (TPSA) is 48.1 Å². The fraction of sp³-hybridized carbons (Fsp3) is 0.0625. The van der Waals surface area contributed by atoms with Crippen LogP contribution in [-0.2, 0) is 6.61 Å². The molecule has 4 heteroatoms. The number of anilines is 1. The molecule has 3 nitrogen and oxygen atoms in total. The first-order valence-electron chi connectivity index (χ1n) is 6.24. The third-order valence-electron chi connectivity index (χ3n) is 3.15. The van der Waals surface area contributed by atoms with Crippen molar-refractivity contribution < 1.29 is 4.74 Å². The van der Waals surface area contributed by atoms with Gasteiger partial charge in [-0.25, -0.2) is 0 Å². The molecule has 0 amide bonds. The van der Waals surface area contributed by atoms with Gasteiger partial charge in [-0.05, 0) is 24.3 Å². The van der Waals surface area contributed by atoms with Crippen molar-refractivity contribution in [2.45, 2.75) is 6.61 Å². The number of benzene rings is 2. The van der Waals surface area contributed by atoms with E-state index in [0.29, 0.717) is 12.3 Å². The number of rotatable bonds is 3. The zero-order valence-electron chi connectivity index (χ0n) is 10.7. The van der Waals surface area contributed by atoms with Gasteiger partial charge in [-0.2, -0.15) is 0 Å². The molecule has 0 bridgehead atoms. The van der Waals surface area contributed by atoms with Crippen molar-refractivity contribution in [3.05, 3.63) is 64.9 Å². The molecule has 3 aromatic rings. The van der Waals surface area contributed by atoms with Crippen LogP contribution in [0.2, 0.25) is 0 Å². The zero-order valence-corrected chi connectivity index (χ0v) is 12.3. The van der Waals surface area contributed by atoms with E-state index in [-0.39, 0.29) is 0 Å². The molecule has 2 N–H and O–H groups in total. The summed E-state index contributed by atoms with van der Waals surface area (Å²) >= 11 is 3.52. The van der Waals surface area contributed by atoms with Crippen LogP contribution in [0.4, 0.5) is 5.69 Å². The summed E-state index contributed by atoms with van der Waals surface area (Å²) < 4.78 is 6.97. The molecule has 1 aromatic heterocycles. The predicted molar refractivity (Wildman–Crippen MR) is 84.6 cm³/mol. The standard InChI is InChI=1S/C16H13BrN2O/c17-14-4-2-1-3-11(14)10-20-16-6-5-15(18)13-9-19-8-7-12(13)16/h1-9H,10,18H2. The van der Waals surface area contributed by atoms with E-state index in [0.717, 1.165) is 26.6 Å². The van der Waals surface area contributed by atoms with Gasteiger partial charge in [0.15, 0.2) is 0 Å². The molecule has 0 radical (unpaired) electrons. The summed E-state index contributed by atoms with van der Waals surface area (Å²) in [6.45, 7) is 0.503. The van der Waals surface area contributed by atoms with Gasteiger partial charge in [0, 0.05) is 38.9 Å². The molecule has 0 aliphatic rings. The first-order chi connectivity index (χ1) is 9.75. The van der Waals surface area contributed by atoms with Gasteiger partial charge < -0.3 is 10.5 Å². The van der Waals surface area contributed by atoms with Gasteiger partial charge in [-0.15, -0.1) is 0 Å². The van der Waals surface area contributed by atoms with Gasteiger partial charge >= 0.3 is 0 Å². The van der Waals surface area contributed by atoms with Crippen LogP contribution >= 0.6 is 15.9 Å². The number of hydrogen-bond acceptors (Lipinski definition) is 3. The van der Waals surface area contributed by atoms with Crippen LogP contribution in [0.5, 0.6) is 5.75 Å². The quantitative estimate of drug-likeness (QED) is 0.734. The van der Waals surface area contributed by atoms with E-state index in [1.807, 2.05) is 42.5 Å². The van der Waals surface area contributed by atoms with E-state index < -0.39 is 0 Å². The van der Waals surface area contributed by atoms with Crippen molar-refractivity contribution in [3.8, 4) is 5.75 Å². The fourth-order valence-corrected chi connectivity index (χ4v) is 2.48. The number of hydrogen-bond donors (Lipinski definition) is 1. The number of nitrogens with two attached hydrogens (primary N) is 1. The number of aromatic nitrogens is 1. The molecule has 20 heavy (non-hydrogen) atoms. The Kier molecular flexibility index (Phi) is 3.56. The molecule has 3 rings (SSSR count). The Morgan fingerprint density at radius 1 is 1.05 bits per heavy atom. The summed E-state index contributed by atoms with van der Waals surface area (Å²) in [5.74, 6) is 0.812. The smallest absolute Gasteiger partial charge is 0.127 e. The molecule has 2 aromatic carbocycles. The average Bonchev–Trinajstić information content (AvgIpc) is 2.48. The highest BCUT2D eigenvalue weighted by molar-refractivity contribution is 9.10. The Hall–Kier alpha value is -2.07. The third-order valence-corrected chi connectivity index (χ3v) is 3.93. The van der Waals surface area contributed by atoms with Crippen molar-refractivity contribution in [3.63, 3.8) is 0 Å². The van der Waals surface area contributed by atoms with Crippen molar-refractivity contribution in [2.24, 2.45) is 0 Å². The lowest BCUT2D eigenvalue weighted by atomic mass is 10.1. The Labute approximate surface area is 125 Å². The van der Waals surface area contributed by atoms with E-state index in [4.69, 9.17) is 10.5 Å². The van der Waals surface area contributed by atoms with Gasteiger partial charge in [-0.1, -0.05) is 34.1 Å². The maximum atomic E-state index is 5.95. The molecule has 0 spiro atoms.